The molecule has 0 amide bonds. The van der Waals surface area contributed by atoms with Crippen LogP contribution >= 0.6 is 11.6 Å². The van der Waals surface area contributed by atoms with Crippen molar-refractivity contribution in [2.24, 2.45) is 7.05 Å². The molecule has 0 aliphatic carbocycles. The summed E-state index contributed by atoms with van der Waals surface area (Å²) in [7, 11) is 1.86. The Balaban J connectivity index is 2.92. The molecule has 0 bridgehead atoms. The number of nitrogens with two attached hydrogens (primary N) is 1. The molecule has 0 radical (unpaired) electrons. The third-order valence-electron chi connectivity index (χ3n) is 1.84. The van der Waals surface area contributed by atoms with Crippen molar-refractivity contribution in [1.29, 1.82) is 0 Å². The quantitative estimate of drug-likeness (QED) is 0.630. The zero-order valence-electron chi connectivity index (χ0n) is 6.58. The van der Waals surface area contributed by atoms with Gasteiger partial charge in [-0.2, -0.15) is 5.10 Å². The highest BCUT2D eigenvalue weighted by molar-refractivity contribution is 6.35. The van der Waals surface area contributed by atoms with E-state index in [2.05, 4.69) is 5.10 Å². The van der Waals surface area contributed by atoms with E-state index in [9.17, 15) is 0 Å². The van der Waals surface area contributed by atoms with Crippen LogP contribution in [0, 0.1) is 0 Å². The van der Waals surface area contributed by atoms with Crippen LogP contribution in [0.5, 0.6) is 0 Å². The van der Waals surface area contributed by atoms with E-state index in [0.717, 1.165) is 10.9 Å². The van der Waals surface area contributed by atoms with E-state index in [1.807, 2.05) is 13.1 Å². The van der Waals surface area contributed by atoms with Gasteiger partial charge in [-0.3, -0.25) is 4.68 Å². The molecule has 0 aliphatic rings. The Morgan fingerprint density at radius 2 is 2.25 bits per heavy atom. The minimum Gasteiger partial charge on any atom is -0.399 e. The first kappa shape index (κ1) is 7.43. The summed E-state index contributed by atoms with van der Waals surface area (Å²) in [5, 5.41) is 5.66. The third-order valence-corrected chi connectivity index (χ3v) is 2.15. The Morgan fingerprint density at radius 1 is 1.50 bits per heavy atom. The zero-order chi connectivity index (χ0) is 8.72. The predicted molar refractivity (Wildman–Crippen MR) is 50.1 cm³/mol. The van der Waals surface area contributed by atoms with E-state index in [-0.39, 0.29) is 0 Å². The molecule has 2 rings (SSSR count). The average molecular weight is 182 g/mol. The van der Waals surface area contributed by atoms with Crippen LogP contribution in [0.4, 0.5) is 5.69 Å². The van der Waals surface area contributed by atoms with E-state index in [1.54, 1.807) is 16.9 Å². The fourth-order valence-electron chi connectivity index (χ4n) is 1.23. The maximum absolute atomic E-state index is 5.94. The number of hydrogen-bond donors (Lipinski definition) is 1. The Hall–Kier alpha value is -1.22. The zero-order valence-corrected chi connectivity index (χ0v) is 7.34. The van der Waals surface area contributed by atoms with Crippen LogP contribution in [-0.2, 0) is 7.05 Å². The number of aromatic nitrogens is 2. The molecule has 0 saturated heterocycles. The van der Waals surface area contributed by atoms with Crippen molar-refractivity contribution < 1.29 is 0 Å². The summed E-state index contributed by atoms with van der Waals surface area (Å²) in [5.74, 6) is 0. The van der Waals surface area contributed by atoms with Crippen LogP contribution in [0.1, 0.15) is 0 Å². The van der Waals surface area contributed by atoms with E-state index < -0.39 is 0 Å². The summed E-state index contributed by atoms with van der Waals surface area (Å²) < 4.78 is 1.75. The Kier molecular flexibility index (Phi) is 1.48. The molecule has 0 unspecified atom stereocenters. The van der Waals surface area contributed by atoms with E-state index in [0.29, 0.717) is 10.7 Å². The molecule has 0 saturated carbocycles. The largest absolute Gasteiger partial charge is 0.399 e. The second-order valence-electron chi connectivity index (χ2n) is 2.70. The molecule has 1 aromatic carbocycles. The van der Waals surface area contributed by atoms with Gasteiger partial charge >= 0.3 is 0 Å². The van der Waals surface area contributed by atoms with Gasteiger partial charge in [0.1, 0.15) is 0 Å². The van der Waals surface area contributed by atoms with Crippen LogP contribution in [0.25, 0.3) is 10.9 Å². The molecule has 0 aliphatic heterocycles. The third kappa shape index (κ3) is 0.940. The first-order valence-corrected chi connectivity index (χ1v) is 3.93. The van der Waals surface area contributed by atoms with Crippen molar-refractivity contribution in [1.82, 2.24) is 9.78 Å². The SMILES string of the molecule is Cn1ncc2c(Cl)cc(N)cc21. The molecule has 1 aromatic heterocycles. The van der Waals surface area contributed by atoms with Gasteiger partial charge in [-0.1, -0.05) is 11.6 Å². The van der Waals surface area contributed by atoms with E-state index >= 15 is 0 Å². The second-order valence-corrected chi connectivity index (χ2v) is 3.11. The predicted octanol–water partition coefficient (Wildman–Crippen LogP) is 1.81. The molecule has 3 nitrogen and oxygen atoms in total. The van der Waals surface area contributed by atoms with Gasteiger partial charge in [0.15, 0.2) is 0 Å². The number of rotatable bonds is 0. The summed E-state index contributed by atoms with van der Waals surface area (Å²) in [6.45, 7) is 0. The molecule has 2 N–H and O–H groups in total. The normalized spacial score (nSPS) is 10.8. The number of nitrogen functional groups attached to an aromatic ring is 1. The number of halogens is 1. The number of nitrogens with zero attached hydrogens (tertiary/aromatic N) is 2. The fraction of sp³-hybridized carbons (Fsp3) is 0.125. The molecule has 0 spiro atoms. The summed E-state index contributed by atoms with van der Waals surface area (Å²) in [6, 6.07) is 3.58. The van der Waals surface area contributed by atoms with Gasteiger partial charge in [-0.15, -0.1) is 0 Å². The van der Waals surface area contributed by atoms with Gasteiger partial charge < -0.3 is 5.73 Å². The van der Waals surface area contributed by atoms with Gasteiger partial charge in [0.25, 0.3) is 0 Å². The van der Waals surface area contributed by atoms with Crippen LogP contribution in [0.2, 0.25) is 5.02 Å². The number of hydrogen-bond acceptors (Lipinski definition) is 2. The summed E-state index contributed by atoms with van der Waals surface area (Å²) in [6.07, 6.45) is 1.73. The molecular weight excluding hydrogens is 174 g/mol. The van der Waals surface area contributed by atoms with Crippen molar-refractivity contribution >= 4 is 28.2 Å². The summed E-state index contributed by atoms with van der Waals surface area (Å²) >= 11 is 5.94. The molecule has 12 heavy (non-hydrogen) atoms. The van der Waals surface area contributed by atoms with E-state index in [1.165, 1.54) is 0 Å². The van der Waals surface area contributed by atoms with Crippen LogP contribution < -0.4 is 5.73 Å². The van der Waals surface area contributed by atoms with Crippen molar-refractivity contribution in [2.75, 3.05) is 5.73 Å². The van der Waals surface area contributed by atoms with Crippen molar-refractivity contribution in [3.05, 3.63) is 23.4 Å². The highest BCUT2D eigenvalue weighted by Crippen LogP contribution is 2.25. The van der Waals surface area contributed by atoms with Gasteiger partial charge in [0, 0.05) is 18.1 Å². The minimum absolute atomic E-state index is 0.651. The Bertz CT molecular complexity index is 433. The number of anilines is 1. The van der Waals surface area contributed by atoms with E-state index in [4.69, 9.17) is 17.3 Å². The van der Waals surface area contributed by atoms with Gasteiger partial charge in [0.2, 0.25) is 0 Å². The number of fused-ring (bicyclic) bond motifs is 1. The molecule has 0 fully saturated rings. The minimum atomic E-state index is 0.651. The van der Waals surface area contributed by atoms with Crippen molar-refractivity contribution in [2.45, 2.75) is 0 Å². The van der Waals surface area contributed by atoms with Gasteiger partial charge in [0.05, 0.1) is 16.7 Å². The lowest BCUT2D eigenvalue weighted by atomic mass is 10.2. The molecule has 62 valence electrons. The highest BCUT2D eigenvalue weighted by atomic mass is 35.5. The Morgan fingerprint density at radius 3 is 3.00 bits per heavy atom. The molecule has 1 heterocycles. The monoisotopic (exact) mass is 181 g/mol. The highest BCUT2D eigenvalue weighted by Gasteiger charge is 2.03. The summed E-state index contributed by atoms with van der Waals surface area (Å²) in [5.41, 5.74) is 7.25. The smallest absolute Gasteiger partial charge is 0.0714 e. The first-order chi connectivity index (χ1) is 5.68. The van der Waals surface area contributed by atoms with Crippen LogP contribution in [0.3, 0.4) is 0 Å². The van der Waals surface area contributed by atoms with Crippen molar-refractivity contribution in [3.8, 4) is 0 Å². The number of aryl methyl sites for hydroxylation is 1. The van der Waals surface area contributed by atoms with Crippen LogP contribution in [-0.4, -0.2) is 9.78 Å². The molecule has 0 atom stereocenters. The lowest BCUT2D eigenvalue weighted by Crippen LogP contribution is -1.90. The molecule has 2 aromatic rings. The van der Waals surface area contributed by atoms with Crippen molar-refractivity contribution in [3.63, 3.8) is 0 Å². The standard InChI is InChI=1S/C8H8ClN3/c1-12-8-3-5(10)2-7(9)6(8)4-11-12/h2-4H,10H2,1H3. The number of benzene rings is 1. The molecular formula is C8H8ClN3. The van der Waals surface area contributed by atoms with Crippen LogP contribution in [0.15, 0.2) is 18.3 Å². The molecule has 4 heteroatoms. The maximum Gasteiger partial charge on any atom is 0.0714 e. The maximum atomic E-state index is 5.94. The fourth-order valence-corrected chi connectivity index (χ4v) is 1.50. The topological polar surface area (TPSA) is 43.8 Å². The lowest BCUT2D eigenvalue weighted by molar-refractivity contribution is 0.797. The van der Waals surface area contributed by atoms with Gasteiger partial charge in [-0.05, 0) is 12.1 Å². The summed E-state index contributed by atoms with van der Waals surface area (Å²) in [4.78, 5) is 0. The average Bonchev–Trinajstić information content (AvgIpc) is 2.33. The first-order valence-electron chi connectivity index (χ1n) is 3.55. The van der Waals surface area contributed by atoms with Gasteiger partial charge in [-0.25, -0.2) is 0 Å². The lowest BCUT2D eigenvalue weighted by Gasteiger charge is -1.98. The second kappa shape index (κ2) is 2.38. The Labute approximate surface area is 74.7 Å².